The van der Waals surface area contributed by atoms with Crippen molar-refractivity contribution in [3.8, 4) is 0 Å². The predicted molar refractivity (Wildman–Crippen MR) is 92.9 cm³/mol. The molecule has 1 aromatic carbocycles. The third-order valence-corrected chi connectivity index (χ3v) is 3.92. The van der Waals surface area contributed by atoms with Crippen molar-refractivity contribution in [1.29, 1.82) is 0 Å². The first-order valence-corrected chi connectivity index (χ1v) is 8.33. The second kappa shape index (κ2) is 10.6. The Labute approximate surface area is 143 Å². The molecule has 1 saturated heterocycles. The fourth-order valence-corrected chi connectivity index (χ4v) is 2.36. The molecule has 1 fully saturated rings. The molecule has 6 heteroatoms. The van der Waals surface area contributed by atoms with Crippen LogP contribution in [0.1, 0.15) is 38.3 Å². The third kappa shape index (κ3) is 7.46. The summed E-state index contributed by atoms with van der Waals surface area (Å²) < 4.78 is 4.63. The van der Waals surface area contributed by atoms with Gasteiger partial charge in [-0.25, -0.2) is 9.59 Å². The minimum absolute atomic E-state index is 0.201. The first-order valence-electron chi connectivity index (χ1n) is 8.33. The predicted octanol–water partition coefficient (Wildman–Crippen LogP) is 2.91. The van der Waals surface area contributed by atoms with Crippen molar-refractivity contribution in [2.75, 3.05) is 26.7 Å². The van der Waals surface area contributed by atoms with Gasteiger partial charge in [-0.1, -0.05) is 37.3 Å². The number of likely N-dealkylation sites (tertiary alicyclic amines) is 1. The summed E-state index contributed by atoms with van der Waals surface area (Å²) >= 11 is 0. The lowest BCUT2D eigenvalue weighted by molar-refractivity contribution is -0.139. The second-order valence-electron chi connectivity index (χ2n) is 6.03. The topological polar surface area (TPSA) is 78.9 Å². The van der Waals surface area contributed by atoms with Crippen LogP contribution in [0.25, 0.3) is 0 Å². The van der Waals surface area contributed by atoms with Crippen molar-refractivity contribution in [1.82, 2.24) is 10.2 Å². The van der Waals surface area contributed by atoms with Gasteiger partial charge in [0.1, 0.15) is 0 Å². The number of carbonyl (C=O) groups is 2. The molecule has 24 heavy (non-hydrogen) atoms. The van der Waals surface area contributed by atoms with Crippen LogP contribution < -0.4 is 5.32 Å². The number of hydrogen-bond acceptors (Lipinski definition) is 4. The summed E-state index contributed by atoms with van der Waals surface area (Å²) in [5.41, 5.74) is 0.503. The molecule has 1 aliphatic heterocycles. The fraction of sp³-hybridized carbons (Fsp3) is 0.556. The van der Waals surface area contributed by atoms with E-state index in [1.165, 1.54) is 25.9 Å². The maximum atomic E-state index is 11.1. The lowest BCUT2D eigenvalue weighted by Crippen LogP contribution is -2.34. The van der Waals surface area contributed by atoms with Crippen LogP contribution in [0.2, 0.25) is 0 Å². The molecule has 2 N–H and O–H groups in total. The highest BCUT2D eigenvalue weighted by Gasteiger charge is 2.22. The van der Waals surface area contributed by atoms with E-state index < -0.39 is 18.1 Å². The van der Waals surface area contributed by atoms with Crippen LogP contribution in [0.15, 0.2) is 30.3 Å². The summed E-state index contributed by atoms with van der Waals surface area (Å²) in [6.45, 7) is 6.81. The zero-order chi connectivity index (χ0) is 17.9. The van der Waals surface area contributed by atoms with Crippen LogP contribution >= 0.6 is 0 Å². The Morgan fingerprint density at radius 2 is 1.88 bits per heavy atom. The number of nitrogens with one attached hydrogen (secondary N) is 1. The van der Waals surface area contributed by atoms with Crippen molar-refractivity contribution in [2.45, 2.75) is 32.7 Å². The molecule has 0 aliphatic carbocycles. The summed E-state index contributed by atoms with van der Waals surface area (Å²) in [5, 5.41) is 11.2. The van der Waals surface area contributed by atoms with Gasteiger partial charge in [-0.3, -0.25) is 0 Å². The standard InChI is InChI=1S/C11H13NO4.C7H15N/c1-2-16-11(15)12-9(10(13)14)8-6-4-3-5-7-8;1-7-3-5-8(2)6-4-7/h3-7,9H,2H2,1H3,(H,12,15)(H,13,14);7H,3-6H2,1-2H3. The average Bonchev–Trinajstić information content (AvgIpc) is 2.57. The molecule has 134 valence electrons. The van der Waals surface area contributed by atoms with E-state index in [1.54, 1.807) is 37.3 Å². The summed E-state index contributed by atoms with van der Waals surface area (Å²) in [5.74, 6) is -0.148. The van der Waals surface area contributed by atoms with Gasteiger partial charge in [-0.15, -0.1) is 0 Å². The highest BCUT2D eigenvalue weighted by atomic mass is 16.5. The lowest BCUT2D eigenvalue weighted by atomic mass is 10.00. The Kier molecular flexibility index (Phi) is 8.86. The van der Waals surface area contributed by atoms with E-state index in [2.05, 4.69) is 28.9 Å². The van der Waals surface area contributed by atoms with Gasteiger partial charge in [-0.05, 0) is 51.4 Å². The number of amides is 1. The number of carboxylic acids is 1. The van der Waals surface area contributed by atoms with Crippen molar-refractivity contribution >= 4 is 12.1 Å². The number of ether oxygens (including phenoxy) is 1. The van der Waals surface area contributed by atoms with Gasteiger partial charge in [0.2, 0.25) is 0 Å². The molecule has 1 heterocycles. The molecule has 1 atom stereocenters. The number of carboxylic acid groups (broad SMARTS) is 1. The van der Waals surface area contributed by atoms with E-state index in [0.717, 1.165) is 5.92 Å². The molecule has 0 aromatic heterocycles. The maximum absolute atomic E-state index is 11.1. The number of piperidine rings is 1. The lowest BCUT2D eigenvalue weighted by Gasteiger charge is -2.26. The number of benzene rings is 1. The summed E-state index contributed by atoms with van der Waals surface area (Å²) in [4.78, 5) is 24.5. The van der Waals surface area contributed by atoms with E-state index in [-0.39, 0.29) is 6.61 Å². The molecule has 1 aliphatic rings. The third-order valence-electron chi connectivity index (χ3n) is 3.92. The van der Waals surface area contributed by atoms with Crippen molar-refractivity contribution in [3.63, 3.8) is 0 Å². The van der Waals surface area contributed by atoms with E-state index in [1.807, 2.05) is 0 Å². The molecule has 0 spiro atoms. The van der Waals surface area contributed by atoms with Crippen LogP contribution in [0.3, 0.4) is 0 Å². The second-order valence-corrected chi connectivity index (χ2v) is 6.03. The minimum atomic E-state index is -1.13. The van der Waals surface area contributed by atoms with Gasteiger partial charge in [0, 0.05) is 0 Å². The Morgan fingerprint density at radius 3 is 2.33 bits per heavy atom. The summed E-state index contributed by atoms with van der Waals surface area (Å²) in [6.07, 6.45) is 2.06. The van der Waals surface area contributed by atoms with Gasteiger partial charge < -0.3 is 20.1 Å². The normalized spacial score (nSPS) is 16.5. The van der Waals surface area contributed by atoms with Gasteiger partial charge in [0.25, 0.3) is 0 Å². The number of aliphatic carboxylic acids is 1. The van der Waals surface area contributed by atoms with Crippen molar-refractivity contribution in [3.05, 3.63) is 35.9 Å². The monoisotopic (exact) mass is 336 g/mol. The van der Waals surface area contributed by atoms with Crippen LogP contribution in [0.4, 0.5) is 4.79 Å². The molecule has 0 radical (unpaired) electrons. The molecule has 1 unspecified atom stereocenters. The van der Waals surface area contributed by atoms with Crippen LogP contribution in [0.5, 0.6) is 0 Å². The quantitative estimate of drug-likeness (QED) is 0.884. The highest BCUT2D eigenvalue weighted by Crippen LogP contribution is 2.14. The number of alkyl carbamates (subject to hydrolysis) is 1. The van der Waals surface area contributed by atoms with E-state index in [0.29, 0.717) is 5.56 Å². The van der Waals surface area contributed by atoms with Gasteiger partial charge in [0.05, 0.1) is 6.61 Å². The molecule has 6 nitrogen and oxygen atoms in total. The van der Waals surface area contributed by atoms with Crippen LogP contribution in [-0.4, -0.2) is 48.8 Å². The maximum Gasteiger partial charge on any atom is 0.408 e. The Bertz CT molecular complexity index is 489. The van der Waals surface area contributed by atoms with Gasteiger partial charge >= 0.3 is 12.1 Å². The average molecular weight is 336 g/mol. The minimum Gasteiger partial charge on any atom is -0.479 e. The molecular formula is C18H28N2O4. The molecule has 0 saturated carbocycles. The SMILES string of the molecule is CC1CCN(C)CC1.CCOC(=O)NC(C(=O)O)c1ccccc1. The van der Waals surface area contributed by atoms with E-state index >= 15 is 0 Å². The smallest absolute Gasteiger partial charge is 0.408 e. The fourth-order valence-electron chi connectivity index (χ4n) is 2.36. The van der Waals surface area contributed by atoms with E-state index in [4.69, 9.17) is 5.11 Å². The summed E-state index contributed by atoms with van der Waals surface area (Å²) in [7, 11) is 2.20. The molecular weight excluding hydrogens is 308 g/mol. The Balaban J connectivity index is 0.000000300. The molecule has 1 aromatic rings. The first kappa shape index (κ1) is 20.0. The largest absolute Gasteiger partial charge is 0.479 e. The summed E-state index contributed by atoms with van der Waals surface area (Å²) in [6, 6.07) is 7.36. The molecule has 0 bridgehead atoms. The molecule has 1 amide bonds. The van der Waals surface area contributed by atoms with Gasteiger partial charge in [0.15, 0.2) is 6.04 Å². The number of nitrogens with zero attached hydrogens (tertiary/aromatic N) is 1. The Hall–Kier alpha value is -2.08. The Morgan fingerprint density at radius 1 is 1.29 bits per heavy atom. The number of carbonyl (C=O) groups excluding carboxylic acids is 1. The van der Waals surface area contributed by atoms with E-state index in [9.17, 15) is 9.59 Å². The zero-order valence-corrected chi connectivity index (χ0v) is 14.7. The molecule has 2 rings (SSSR count). The highest BCUT2D eigenvalue weighted by molar-refractivity contribution is 5.81. The van der Waals surface area contributed by atoms with Crippen molar-refractivity contribution in [2.24, 2.45) is 5.92 Å². The van der Waals surface area contributed by atoms with Crippen molar-refractivity contribution < 1.29 is 19.4 Å². The number of hydrogen-bond donors (Lipinski definition) is 2. The first-order chi connectivity index (χ1) is 11.4. The zero-order valence-electron chi connectivity index (χ0n) is 14.7. The van der Waals surface area contributed by atoms with Gasteiger partial charge in [-0.2, -0.15) is 0 Å². The number of rotatable bonds is 4. The van der Waals surface area contributed by atoms with Crippen LogP contribution in [-0.2, 0) is 9.53 Å². The van der Waals surface area contributed by atoms with Crippen LogP contribution in [0, 0.1) is 5.92 Å².